The van der Waals surface area contributed by atoms with Gasteiger partial charge in [-0.05, 0) is 42.2 Å². The van der Waals surface area contributed by atoms with Gasteiger partial charge in [0, 0.05) is 36.3 Å². The molecule has 0 saturated carbocycles. The van der Waals surface area contributed by atoms with Gasteiger partial charge in [-0.3, -0.25) is 9.98 Å². The van der Waals surface area contributed by atoms with E-state index in [1.807, 2.05) is 24.3 Å². The third kappa shape index (κ3) is 4.68. The number of anilines is 2. The highest BCUT2D eigenvalue weighted by atomic mass is 15.2. The summed E-state index contributed by atoms with van der Waals surface area (Å²) in [5.41, 5.74) is 10.2. The zero-order valence-electron chi connectivity index (χ0n) is 16.4. The number of nitrogens with one attached hydrogen (secondary N) is 1. The number of aliphatic imine (C=N–C) groups is 1. The molecule has 0 aromatic carbocycles. The van der Waals surface area contributed by atoms with Crippen LogP contribution in [0.4, 0.5) is 11.6 Å². The van der Waals surface area contributed by atoms with E-state index >= 15 is 0 Å². The van der Waals surface area contributed by atoms with Gasteiger partial charge in [0.25, 0.3) is 0 Å². The van der Waals surface area contributed by atoms with Crippen LogP contribution < -0.4 is 11.1 Å². The highest BCUT2D eigenvalue weighted by molar-refractivity contribution is 6.10. The summed E-state index contributed by atoms with van der Waals surface area (Å²) in [4.78, 5) is 13.5. The largest absolute Gasteiger partial charge is 0.404 e. The second kappa shape index (κ2) is 9.03. The molecule has 3 rings (SSSR count). The number of hydrogen-bond donors (Lipinski definition) is 2. The minimum absolute atomic E-state index is 0.378. The molecule has 0 amide bonds. The van der Waals surface area contributed by atoms with Crippen molar-refractivity contribution in [1.82, 2.24) is 20.2 Å². The Morgan fingerprint density at radius 3 is 2.79 bits per heavy atom. The number of nitrogens with two attached hydrogens (primary N) is 1. The van der Waals surface area contributed by atoms with Crippen LogP contribution in [0.25, 0.3) is 16.6 Å². The molecule has 3 aromatic heterocycles. The number of allylic oxidation sites excluding steroid dienone is 1. The Morgan fingerprint density at radius 2 is 2.04 bits per heavy atom. The van der Waals surface area contributed by atoms with Crippen molar-refractivity contribution in [2.45, 2.75) is 33.1 Å². The van der Waals surface area contributed by atoms with Gasteiger partial charge in [0.05, 0.1) is 17.2 Å². The van der Waals surface area contributed by atoms with E-state index in [1.54, 1.807) is 18.6 Å². The summed E-state index contributed by atoms with van der Waals surface area (Å²) in [6, 6.07) is 7.74. The number of hydrogen-bond acceptors (Lipinski definition) is 7. The number of rotatable bonds is 7. The van der Waals surface area contributed by atoms with Gasteiger partial charge < -0.3 is 11.1 Å². The van der Waals surface area contributed by atoms with Gasteiger partial charge in [-0.2, -0.15) is 5.10 Å². The van der Waals surface area contributed by atoms with E-state index in [4.69, 9.17) is 5.73 Å². The predicted octanol–water partition coefficient (Wildman–Crippen LogP) is 4.07. The van der Waals surface area contributed by atoms with Crippen LogP contribution in [0.15, 0.2) is 47.9 Å². The van der Waals surface area contributed by atoms with Crippen molar-refractivity contribution in [3.05, 3.63) is 54.0 Å². The molecule has 0 saturated heterocycles. The van der Waals surface area contributed by atoms with Crippen molar-refractivity contribution in [2.24, 2.45) is 10.7 Å². The lowest BCUT2D eigenvalue weighted by molar-refractivity contribution is 0.843. The summed E-state index contributed by atoms with van der Waals surface area (Å²) in [6.45, 7) is 7.09. The fraction of sp³-hybridized carbons (Fsp3) is 0.286. The number of nitrogens with zero attached hydrogens (tertiary/aromatic N) is 5. The molecule has 3 heterocycles. The maximum absolute atomic E-state index is 5.77. The van der Waals surface area contributed by atoms with Gasteiger partial charge in [0.15, 0.2) is 5.82 Å². The summed E-state index contributed by atoms with van der Waals surface area (Å²) in [7, 11) is 0. The van der Waals surface area contributed by atoms with Crippen molar-refractivity contribution < 1.29 is 0 Å². The molecule has 0 radical (unpaired) electrons. The average molecular weight is 375 g/mol. The molecule has 7 heteroatoms. The Hall–Kier alpha value is -3.35. The first kappa shape index (κ1) is 19.4. The molecule has 144 valence electrons. The Labute approximate surface area is 164 Å². The molecule has 0 bridgehead atoms. The molecule has 3 N–H and O–H groups in total. The second-order valence-electron chi connectivity index (χ2n) is 6.77. The lowest BCUT2D eigenvalue weighted by Crippen LogP contribution is -2.00. The standard InChI is InChI=1S/C21H25N7/c1-4-7-23-11-17(10-22)16-8-19-18(24-12-16)5-6-20(26-19)27-21-9-15(14(2)3)13-25-28-21/h5-6,8-14H,4,7,22H2,1-3H3,(H,26,27,28). The van der Waals surface area contributed by atoms with Gasteiger partial charge in [-0.25, -0.2) is 4.98 Å². The highest BCUT2D eigenvalue weighted by Crippen LogP contribution is 2.21. The Kier molecular flexibility index (Phi) is 6.26. The van der Waals surface area contributed by atoms with E-state index < -0.39 is 0 Å². The maximum Gasteiger partial charge on any atom is 0.154 e. The highest BCUT2D eigenvalue weighted by Gasteiger charge is 2.07. The summed E-state index contributed by atoms with van der Waals surface area (Å²) < 4.78 is 0. The van der Waals surface area contributed by atoms with Gasteiger partial charge in [-0.1, -0.05) is 20.8 Å². The molecule has 7 nitrogen and oxygen atoms in total. The summed E-state index contributed by atoms with van der Waals surface area (Å²) in [6.07, 6.45) is 7.87. The first-order valence-corrected chi connectivity index (χ1v) is 9.39. The van der Waals surface area contributed by atoms with E-state index in [9.17, 15) is 0 Å². The molecular formula is C21H25N7. The van der Waals surface area contributed by atoms with Crippen LogP contribution in [-0.4, -0.2) is 32.9 Å². The molecular weight excluding hydrogens is 350 g/mol. The van der Waals surface area contributed by atoms with Crippen LogP contribution in [0.3, 0.4) is 0 Å². The molecule has 0 aliphatic carbocycles. The Balaban J connectivity index is 1.89. The zero-order chi connectivity index (χ0) is 19.9. The quantitative estimate of drug-likeness (QED) is 0.604. The van der Waals surface area contributed by atoms with Crippen LogP contribution in [0, 0.1) is 0 Å². The number of aromatic nitrogens is 4. The van der Waals surface area contributed by atoms with Crippen LogP contribution in [-0.2, 0) is 0 Å². The summed E-state index contributed by atoms with van der Waals surface area (Å²) >= 11 is 0. The van der Waals surface area contributed by atoms with Gasteiger partial charge in [0.1, 0.15) is 5.82 Å². The number of fused-ring (bicyclic) bond motifs is 1. The topological polar surface area (TPSA) is 102 Å². The molecule has 3 aromatic rings. The molecule has 0 aliphatic heterocycles. The normalized spacial score (nSPS) is 12.2. The van der Waals surface area contributed by atoms with Crippen LogP contribution in [0.2, 0.25) is 0 Å². The van der Waals surface area contributed by atoms with Gasteiger partial charge in [-0.15, -0.1) is 5.10 Å². The Bertz CT molecular complexity index is 1010. The van der Waals surface area contributed by atoms with E-state index in [-0.39, 0.29) is 0 Å². The average Bonchev–Trinajstić information content (AvgIpc) is 2.71. The SMILES string of the molecule is CCCN=CC(=CN)c1cnc2ccc(Nc3cc(C(C)C)cnn3)nc2c1. The first-order chi connectivity index (χ1) is 13.6. The van der Waals surface area contributed by atoms with E-state index in [0.717, 1.165) is 40.7 Å². The second-order valence-corrected chi connectivity index (χ2v) is 6.77. The van der Waals surface area contributed by atoms with Crippen LogP contribution in [0.1, 0.15) is 44.2 Å². The molecule has 0 fully saturated rings. The third-order valence-corrected chi connectivity index (χ3v) is 4.23. The van der Waals surface area contributed by atoms with E-state index in [1.165, 1.54) is 6.20 Å². The van der Waals surface area contributed by atoms with Crippen LogP contribution in [0.5, 0.6) is 0 Å². The molecule has 0 unspecified atom stereocenters. The minimum Gasteiger partial charge on any atom is -0.404 e. The van der Waals surface area contributed by atoms with Crippen LogP contribution >= 0.6 is 0 Å². The van der Waals surface area contributed by atoms with Crippen molar-refractivity contribution in [3.63, 3.8) is 0 Å². The molecule has 28 heavy (non-hydrogen) atoms. The third-order valence-electron chi connectivity index (χ3n) is 4.23. The lowest BCUT2D eigenvalue weighted by Gasteiger charge is -2.09. The predicted molar refractivity (Wildman–Crippen MR) is 115 cm³/mol. The van der Waals surface area contributed by atoms with Crippen molar-refractivity contribution in [3.8, 4) is 0 Å². The first-order valence-electron chi connectivity index (χ1n) is 9.39. The smallest absolute Gasteiger partial charge is 0.154 e. The van der Waals surface area contributed by atoms with Gasteiger partial charge in [0.2, 0.25) is 0 Å². The van der Waals surface area contributed by atoms with E-state index in [2.05, 4.69) is 51.2 Å². The monoisotopic (exact) mass is 375 g/mol. The van der Waals surface area contributed by atoms with E-state index in [0.29, 0.717) is 17.6 Å². The Morgan fingerprint density at radius 1 is 1.18 bits per heavy atom. The number of pyridine rings is 2. The molecule has 0 aliphatic rings. The molecule has 0 spiro atoms. The minimum atomic E-state index is 0.378. The van der Waals surface area contributed by atoms with Crippen molar-refractivity contribution in [2.75, 3.05) is 11.9 Å². The zero-order valence-corrected chi connectivity index (χ0v) is 16.4. The molecule has 0 atom stereocenters. The van der Waals surface area contributed by atoms with Crippen molar-refractivity contribution >= 4 is 34.5 Å². The maximum atomic E-state index is 5.77. The summed E-state index contributed by atoms with van der Waals surface area (Å²) in [5, 5.41) is 11.4. The lowest BCUT2D eigenvalue weighted by atomic mass is 10.1. The fourth-order valence-electron chi connectivity index (χ4n) is 2.63. The van der Waals surface area contributed by atoms with Crippen molar-refractivity contribution in [1.29, 1.82) is 0 Å². The fourth-order valence-corrected chi connectivity index (χ4v) is 2.63. The van der Waals surface area contributed by atoms with Gasteiger partial charge >= 0.3 is 0 Å². The summed E-state index contributed by atoms with van der Waals surface area (Å²) in [5.74, 6) is 1.72.